The molecule has 0 spiro atoms. The Morgan fingerprint density at radius 1 is 1.12 bits per heavy atom. The SMILES string of the molecule is Cc1cc(/C=N/NC(=O)c2ccc(COc3ccccc3)cc2)c(C)[nH]1. The molecule has 3 aromatic rings. The number of benzene rings is 2. The van der Waals surface area contributed by atoms with Gasteiger partial charge in [-0.15, -0.1) is 0 Å². The zero-order chi connectivity index (χ0) is 18.4. The Hall–Kier alpha value is -3.34. The van der Waals surface area contributed by atoms with Crippen LogP contribution in [0.1, 0.15) is 32.9 Å². The maximum Gasteiger partial charge on any atom is 0.271 e. The highest BCUT2D eigenvalue weighted by molar-refractivity contribution is 5.95. The van der Waals surface area contributed by atoms with Crippen LogP contribution in [0.2, 0.25) is 0 Å². The van der Waals surface area contributed by atoms with Crippen LogP contribution >= 0.6 is 0 Å². The summed E-state index contributed by atoms with van der Waals surface area (Å²) in [4.78, 5) is 15.3. The highest BCUT2D eigenvalue weighted by atomic mass is 16.5. The Morgan fingerprint density at radius 3 is 2.50 bits per heavy atom. The number of ether oxygens (including phenoxy) is 1. The van der Waals surface area contributed by atoms with Crippen molar-refractivity contribution in [2.24, 2.45) is 5.10 Å². The van der Waals surface area contributed by atoms with E-state index in [-0.39, 0.29) is 5.91 Å². The maximum atomic E-state index is 12.2. The first-order valence-electron chi connectivity index (χ1n) is 8.38. The van der Waals surface area contributed by atoms with Gasteiger partial charge in [-0.2, -0.15) is 5.10 Å². The van der Waals surface area contributed by atoms with Gasteiger partial charge in [-0.05, 0) is 49.7 Å². The molecule has 1 amide bonds. The number of hydrogen-bond donors (Lipinski definition) is 2. The number of nitrogens with one attached hydrogen (secondary N) is 2. The smallest absolute Gasteiger partial charge is 0.271 e. The van der Waals surface area contributed by atoms with Crippen molar-refractivity contribution in [1.82, 2.24) is 10.4 Å². The van der Waals surface area contributed by atoms with E-state index >= 15 is 0 Å². The molecule has 1 aromatic heterocycles. The number of rotatable bonds is 6. The molecule has 0 unspecified atom stereocenters. The van der Waals surface area contributed by atoms with E-state index < -0.39 is 0 Å². The van der Waals surface area contributed by atoms with Gasteiger partial charge in [0.05, 0.1) is 6.21 Å². The molecule has 0 saturated carbocycles. The fraction of sp³-hybridized carbons (Fsp3) is 0.143. The lowest BCUT2D eigenvalue weighted by molar-refractivity contribution is 0.0955. The van der Waals surface area contributed by atoms with Gasteiger partial charge in [-0.25, -0.2) is 5.43 Å². The predicted octanol–water partition coefficient (Wildman–Crippen LogP) is 3.97. The van der Waals surface area contributed by atoms with E-state index in [1.54, 1.807) is 18.3 Å². The van der Waals surface area contributed by atoms with E-state index in [1.165, 1.54) is 0 Å². The van der Waals surface area contributed by atoms with Crippen LogP contribution in [-0.2, 0) is 6.61 Å². The molecule has 1 heterocycles. The Morgan fingerprint density at radius 2 is 1.85 bits per heavy atom. The highest BCUT2D eigenvalue weighted by Crippen LogP contribution is 2.12. The van der Waals surface area contributed by atoms with Crippen LogP contribution in [0.4, 0.5) is 0 Å². The number of hydrogen-bond acceptors (Lipinski definition) is 3. The maximum absolute atomic E-state index is 12.2. The van der Waals surface area contributed by atoms with Crippen molar-refractivity contribution in [1.29, 1.82) is 0 Å². The van der Waals surface area contributed by atoms with E-state index in [4.69, 9.17) is 4.74 Å². The highest BCUT2D eigenvalue weighted by Gasteiger charge is 2.05. The molecule has 132 valence electrons. The largest absolute Gasteiger partial charge is 0.489 e. The Bertz CT molecular complexity index is 897. The van der Waals surface area contributed by atoms with Crippen LogP contribution in [0.15, 0.2) is 65.8 Å². The third kappa shape index (κ3) is 4.60. The van der Waals surface area contributed by atoms with Crippen molar-refractivity contribution in [2.45, 2.75) is 20.5 Å². The lowest BCUT2D eigenvalue weighted by Crippen LogP contribution is -2.17. The predicted molar refractivity (Wildman–Crippen MR) is 103 cm³/mol. The van der Waals surface area contributed by atoms with Gasteiger partial charge in [0.15, 0.2) is 0 Å². The molecule has 2 aromatic carbocycles. The summed E-state index contributed by atoms with van der Waals surface area (Å²) in [6, 6.07) is 18.9. The molecular formula is C21H21N3O2. The van der Waals surface area contributed by atoms with Gasteiger partial charge in [-0.3, -0.25) is 4.79 Å². The molecule has 2 N–H and O–H groups in total. The third-order valence-electron chi connectivity index (χ3n) is 3.92. The molecule has 0 aliphatic heterocycles. The molecule has 0 atom stereocenters. The van der Waals surface area contributed by atoms with Gasteiger partial charge < -0.3 is 9.72 Å². The molecule has 5 nitrogen and oxygen atoms in total. The van der Waals surface area contributed by atoms with Gasteiger partial charge >= 0.3 is 0 Å². The first-order chi connectivity index (χ1) is 12.6. The van der Waals surface area contributed by atoms with E-state index in [0.717, 1.165) is 28.3 Å². The fourth-order valence-corrected chi connectivity index (χ4v) is 2.54. The summed E-state index contributed by atoms with van der Waals surface area (Å²) in [5.41, 5.74) is 7.12. The molecular weight excluding hydrogens is 326 g/mol. The summed E-state index contributed by atoms with van der Waals surface area (Å²) in [7, 11) is 0. The summed E-state index contributed by atoms with van der Waals surface area (Å²) in [6.07, 6.45) is 1.64. The van der Waals surface area contributed by atoms with E-state index in [1.807, 2.05) is 62.4 Å². The summed E-state index contributed by atoms with van der Waals surface area (Å²) in [5.74, 6) is 0.570. The third-order valence-corrected chi connectivity index (χ3v) is 3.92. The standard InChI is InChI=1S/C21H21N3O2/c1-15-12-19(16(2)23-15)13-22-24-21(25)18-10-8-17(9-11-18)14-26-20-6-4-3-5-7-20/h3-13,23H,14H2,1-2H3,(H,24,25)/b22-13+. The van der Waals surface area contributed by atoms with Crippen LogP contribution < -0.4 is 10.2 Å². The van der Waals surface area contributed by atoms with Crippen molar-refractivity contribution in [2.75, 3.05) is 0 Å². The van der Waals surface area contributed by atoms with Crippen LogP contribution in [0.5, 0.6) is 5.75 Å². The first-order valence-corrected chi connectivity index (χ1v) is 8.38. The van der Waals surface area contributed by atoms with Crippen LogP contribution in [0.25, 0.3) is 0 Å². The number of hydrazone groups is 1. The summed E-state index contributed by atoms with van der Waals surface area (Å²) in [5, 5.41) is 4.02. The Kier molecular flexibility index (Phi) is 5.49. The van der Waals surface area contributed by atoms with E-state index in [2.05, 4.69) is 15.5 Å². The number of carbonyl (C=O) groups excluding carboxylic acids is 1. The monoisotopic (exact) mass is 347 g/mol. The second kappa shape index (κ2) is 8.16. The number of aryl methyl sites for hydroxylation is 2. The molecule has 0 saturated heterocycles. The first kappa shape index (κ1) is 17.5. The van der Waals surface area contributed by atoms with Gasteiger partial charge in [0.2, 0.25) is 0 Å². The number of nitrogens with zero attached hydrogens (tertiary/aromatic N) is 1. The Balaban J connectivity index is 1.54. The lowest BCUT2D eigenvalue weighted by Gasteiger charge is -2.06. The Labute approximate surface area is 152 Å². The molecule has 0 aliphatic carbocycles. The van der Waals surface area contributed by atoms with E-state index in [9.17, 15) is 4.79 Å². The number of H-pyrrole nitrogens is 1. The van der Waals surface area contributed by atoms with Gasteiger partial charge in [0, 0.05) is 22.5 Å². The molecule has 3 rings (SSSR count). The second-order valence-corrected chi connectivity index (χ2v) is 6.03. The fourth-order valence-electron chi connectivity index (χ4n) is 2.54. The molecule has 0 bridgehead atoms. The number of para-hydroxylation sites is 1. The van der Waals surface area contributed by atoms with Crippen LogP contribution in [0, 0.1) is 13.8 Å². The van der Waals surface area contributed by atoms with Crippen molar-refractivity contribution in [3.63, 3.8) is 0 Å². The molecule has 5 heteroatoms. The summed E-state index contributed by atoms with van der Waals surface area (Å²) >= 11 is 0. The van der Waals surface area contributed by atoms with Crippen molar-refractivity contribution >= 4 is 12.1 Å². The minimum absolute atomic E-state index is 0.248. The van der Waals surface area contributed by atoms with Crippen molar-refractivity contribution < 1.29 is 9.53 Å². The summed E-state index contributed by atoms with van der Waals surface area (Å²) in [6.45, 7) is 4.40. The number of amides is 1. The van der Waals surface area contributed by atoms with Gasteiger partial charge in [0.25, 0.3) is 5.91 Å². The average Bonchev–Trinajstić information content (AvgIpc) is 2.98. The molecule has 0 radical (unpaired) electrons. The minimum atomic E-state index is -0.248. The van der Waals surface area contributed by atoms with Crippen molar-refractivity contribution in [3.05, 3.63) is 88.7 Å². The van der Waals surface area contributed by atoms with Gasteiger partial charge in [0.1, 0.15) is 12.4 Å². The number of aromatic nitrogens is 1. The zero-order valence-electron chi connectivity index (χ0n) is 14.8. The van der Waals surface area contributed by atoms with Crippen LogP contribution in [-0.4, -0.2) is 17.1 Å². The number of aromatic amines is 1. The van der Waals surface area contributed by atoms with Crippen LogP contribution in [0.3, 0.4) is 0 Å². The molecule has 0 fully saturated rings. The minimum Gasteiger partial charge on any atom is -0.489 e. The zero-order valence-corrected chi connectivity index (χ0v) is 14.8. The molecule has 0 aliphatic rings. The second-order valence-electron chi connectivity index (χ2n) is 6.03. The molecule has 26 heavy (non-hydrogen) atoms. The lowest BCUT2D eigenvalue weighted by atomic mass is 10.1. The normalized spacial score (nSPS) is 10.8. The van der Waals surface area contributed by atoms with Crippen molar-refractivity contribution in [3.8, 4) is 5.75 Å². The topological polar surface area (TPSA) is 66.5 Å². The average molecular weight is 347 g/mol. The van der Waals surface area contributed by atoms with Gasteiger partial charge in [-0.1, -0.05) is 30.3 Å². The summed E-state index contributed by atoms with van der Waals surface area (Å²) < 4.78 is 5.69. The quantitative estimate of drug-likeness (QED) is 0.523. The number of carbonyl (C=O) groups is 1. The van der Waals surface area contributed by atoms with E-state index in [0.29, 0.717) is 12.2 Å².